The van der Waals surface area contributed by atoms with E-state index in [-0.39, 0.29) is 36.7 Å². The number of halogens is 3. The number of likely N-dealkylation sites (tertiary alicyclic amines) is 1. The van der Waals surface area contributed by atoms with Gasteiger partial charge in [-0.05, 0) is 38.5 Å². The zero-order chi connectivity index (χ0) is 18.4. The molecule has 2 aliphatic rings. The summed E-state index contributed by atoms with van der Waals surface area (Å²) in [5.41, 5.74) is 0.376. The average molecular weight is 374 g/mol. The first-order valence-electron chi connectivity index (χ1n) is 8.31. The van der Waals surface area contributed by atoms with E-state index in [4.69, 9.17) is 16.3 Å². The number of pyridine rings is 1. The van der Waals surface area contributed by atoms with Crippen molar-refractivity contribution in [2.24, 2.45) is 0 Å². The molecule has 3 heterocycles. The summed E-state index contributed by atoms with van der Waals surface area (Å²) < 4.78 is 32.2. The van der Waals surface area contributed by atoms with Crippen molar-refractivity contribution in [1.29, 1.82) is 0 Å². The van der Waals surface area contributed by atoms with Gasteiger partial charge >= 0.3 is 6.09 Å². The zero-order valence-electron chi connectivity index (χ0n) is 14.6. The van der Waals surface area contributed by atoms with Crippen molar-refractivity contribution in [1.82, 2.24) is 9.88 Å². The SMILES string of the molecule is CC(C)(C)OC(=O)N1CC(c2cc(Cl)nc(N3CCC(F)(F)C3)c2)C1. The van der Waals surface area contributed by atoms with Gasteiger partial charge in [0.15, 0.2) is 0 Å². The summed E-state index contributed by atoms with van der Waals surface area (Å²) in [7, 11) is 0. The topological polar surface area (TPSA) is 45.7 Å². The van der Waals surface area contributed by atoms with E-state index in [2.05, 4.69) is 4.98 Å². The minimum absolute atomic E-state index is 0.106. The first-order valence-corrected chi connectivity index (χ1v) is 8.68. The Balaban J connectivity index is 1.66. The van der Waals surface area contributed by atoms with Crippen LogP contribution in [-0.2, 0) is 4.74 Å². The van der Waals surface area contributed by atoms with Gasteiger partial charge in [0.1, 0.15) is 16.6 Å². The molecule has 5 nitrogen and oxygen atoms in total. The van der Waals surface area contributed by atoms with Gasteiger partial charge < -0.3 is 14.5 Å². The van der Waals surface area contributed by atoms with Gasteiger partial charge in [-0.1, -0.05) is 11.6 Å². The molecule has 1 aromatic heterocycles. The Morgan fingerprint density at radius 1 is 1.36 bits per heavy atom. The third kappa shape index (κ3) is 4.32. The molecule has 25 heavy (non-hydrogen) atoms. The molecule has 2 fully saturated rings. The summed E-state index contributed by atoms with van der Waals surface area (Å²) in [6.45, 7) is 6.42. The molecule has 2 saturated heterocycles. The van der Waals surface area contributed by atoms with Crippen molar-refractivity contribution in [2.75, 3.05) is 31.1 Å². The van der Waals surface area contributed by atoms with Crippen molar-refractivity contribution in [3.05, 3.63) is 22.8 Å². The smallest absolute Gasteiger partial charge is 0.410 e. The van der Waals surface area contributed by atoms with Crippen LogP contribution in [0.5, 0.6) is 0 Å². The number of aromatic nitrogens is 1. The second-order valence-corrected chi connectivity index (χ2v) is 8.08. The fourth-order valence-electron chi connectivity index (χ4n) is 3.00. The number of anilines is 1. The van der Waals surface area contributed by atoms with Crippen molar-refractivity contribution >= 4 is 23.5 Å². The number of ether oxygens (including phenoxy) is 1. The molecule has 0 spiro atoms. The molecule has 0 unspecified atom stereocenters. The Morgan fingerprint density at radius 2 is 2.04 bits per heavy atom. The fourth-order valence-corrected chi connectivity index (χ4v) is 3.21. The molecule has 0 atom stereocenters. The number of amides is 1. The van der Waals surface area contributed by atoms with E-state index in [0.717, 1.165) is 5.56 Å². The van der Waals surface area contributed by atoms with E-state index in [9.17, 15) is 13.6 Å². The minimum atomic E-state index is -2.69. The van der Waals surface area contributed by atoms with Crippen LogP contribution in [0, 0.1) is 0 Å². The maximum atomic E-state index is 13.4. The van der Waals surface area contributed by atoms with Crippen LogP contribution in [0.1, 0.15) is 38.7 Å². The molecule has 138 valence electrons. The monoisotopic (exact) mass is 373 g/mol. The lowest BCUT2D eigenvalue weighted by molar-refractivity contribution is 0.00814. The molecule has 0 radical (unpaired) electrons. The van der Waals surface area contributed by atoms with Crippen LogP contribution in [-0.4, -0.2) is 53.7 Å². The van der Waals surface area contributed by atoms with E-state index >= 15 is 0 Å². The third-order valence-corrected chi connectivity index (χ3v) is 4.49. The second kappa shape index (κ2) is 6.27. The highest BCUT2D eigenvalue weighted by molar-refractivity contribution is 6.29. The Morgan fingerprint density at radius 3 is 2.60 bits per heavy atom. The number of alkyl halides is 2. The van der Waals surface area contributed by atoms with Crippen LogP contribution in [0.3, 0.4) is 0 Å². The van der Waals surface area contributed by atoms with Crippen LogP contribution in [0.2, 0.25) is 5.15 Å². The molecule has 0 bridgehead atoms. The molecular weight excluding hydrogens is 352 g/mol. The molecule has 1 aromatic rings. The fraction of sp³-hybridized carbons (Fsp3) is 0.647. The average Bonchev–Trinajstić information content (AvgIpc) is 2.74. The van der Waals surface area contributed by atoms with Crippen LogP contribution in [0.4, 0.5) is 19.4 Å². The van der Waals surface area contributed by atoms with Gasteiger partial charge in [0.25, 0.3) is 5.92 Å². The first kappa shape index (κ1) is 18.2. The summed E-state index contributed by atoms with van der Waals surface area (Å²) in [4.78, 5) is 19.4. The Hall–Kier alpha value is -1.63. The summed E-state index contributed by atoms with van der Waals surface area (Å²) in [5.74, 6) is -2.11. The van der Waals surface area contributed by atoms with E-state index in [1.807, 2.05) is 20.8 Å². The Labute approximate surface area is 150 Å². The molecule has 0 N–H and O–H groups in total. The number of hydrogen-bond acceptors (Lipinski definition) is 4. The van der Waals surface area contributed by atoms with Crippen LogP contribution < -0.4 is 4.90 Å². The lowest BCUT2D eigenvalue weighted by Crippen LogP contribution is -2.50. The molecule has 8 heteroatoms. The maximum absolute atomic E-state index is 13.4. The molecule has 2 aliphatic heterocycles. The van der Waals surface area contributed by atoms with E-state index < -0.39 is 11.5 Å². The molecular formula is C17H22ClF2N3O2. The van der Waals surface area contributed by atoms with Crippen molar-refractivity contribution < 1.29 is 18.3 Å². The standard InChI is InChI=1S/C17H22ClF2N3O2/c1-16(2,3)25-15(24)23-8-12(9-23)11-6-13(18)21-14(7-11)22-5-4-17(19,20)10-22/h6-7,12H,4-5,8-10H2,1-3H3. The minimum Gasteiger partial charge on any atom is -0.444 e. The van der Waals surface area contributed by atoms with Crippen molar-refractivity contribution in [2.45, 2.75) is 44.6 Å². The predicted molar refractivity (Wildman–Crippen MR) is 91.6 cm³/mol. The Bertz CT molecular complexity index is 672. The van der Waals surface area contributed by atoms with Gasteiger partial charge in [-0.15, -0.1) is 0 Å². The van der Waals surface area contributed by atoms with Crippen LogP contribution in [0.15, 0.2) is 12.1 Å². The number of carbonyl (C=O) groups excluding carboxylic acids is 1. The number of nitrogens with zero attached hydrogens (tertiary/aromatic N) is 3. The van der Waals surface area contributed by atoms with Gasteiger partial charge in [0.2, 0.25) is 0 Å². The summed E-state index contributed by atoms with van der Waals surface area (Å²) in [6, 6.07) is 3.53. The molecule has 3 rings (SSSR count). The number of hydrogen-bond donors (Lipinski definition) is 0. The lowest BCUT2D eigenvalue weighted by Gasteiger charge is -2.40. The third-order valence-electron chi connectivity index (χ3n) is 4.30. The molecule has 0 aromatic carbocycles. The summed E-state index contributed by atoms with van der Waals surface area (Å²) in [5, 5.41) is 0.276. The van der Waals surface area contributed by atoms with Gasteiger partial charge in [0, 0.05) is 32.0 Å². The van der Waals surface area contributed by atoms with Crippen LogP contribution in [0.25, 0.3) is 0 Å². The summed E-state index contributed by atoms with van der Waals surface area (Å²) in [6.07, 6.45) is -0.518. The number of rotatable bonds is 2. The highest BCUT2D eigenvalue weighted by atomic mass is 35.5. The molecule has 0 saturated carbocycles. The number of carbonyl (C=O) groups is 1. The van der Waals surface area contributed by atoms with E-state index in [0.29, 0.717) is 18.9 Å². The highest BCUT2D eigenvalue weighted by Crippen LogP contribution is 2.34. The normalized spacial score (nSPS) is 20.6. The van der Waals surface area contributed by atoms with Gasteiger partial charge in [0.05, 0.1) is 6.54 Å². The van der Waals surface area contributed by atoms with Gasteiger partial charge in [-0.3, -0.25) is 0 Å². The predicted octanol–water partition coefficient (Wildman–Crippen LogP) is 3.91. The van der Waals surface area contributed by atoms with E-state index in [1.54, 1.807) is 21.9 Å². The highest BCUT2D eigenvalue weighted by Gasteiger charge is 2.39. The first-order chi connectivity index (χ1) is 11.5. The molecule has 0 aliphatic carbocycles. The zero-order valence-corrected chi connectivity index (χ0v) is 15.3. The van der Waals surface area contributed by atoms with Gasteiger partial charge in [-0.2, -0.15) is 0 Å². The van der Waals surface area contributed by atoms with Crippen molar-refractivity contribution in [3.8, 4) is 0 Å². The van der Waals surface area contributed by atoms with Crippen molar-refractivity contribution in [3.63, 3.8) is 0 Å². The maximum Gasteiger partial charge on any atom is 0.410 e. The summed E-state index contributed by atoms with van der Waals surface area (Å²) >= 11 is 6.08. The Kier molecular flexibility index (Phi) is 4.56. The van der Waals surface area contributed by atoms with Gasteiger partial charge in [-0.25, -0.2) is 18.6 Å². The second-order valence-electron chi connectivity index (χ2n) is 7.69. The quantitative estimate of drug-likeness (QED) is 0.737. The largest absolute Gasteiger partial charge is 0.444 e. The van der Waals surface area contributed by atoms with Crippen LogP contribution >= 0.6 is 11.6 Å². The molecule has 1 amide bonds. The van der Waals surface area contributed by atoms with E-state index in [1.165, 1.54) is 0 Å². The lowest BCUT2D eigenvalue weighted by atomic mass is 9.92.